The molecular weight excluding hydrogens is 406 g/mol. The molecule has 2 aromatic heterocycles. The highest BCUT2D eigenvalue weighted by molar-refractivity contribution is 7.98. The van der Waals surface area contributed by atoms with E-state index in [1.165, 1.54) is 5.56 Å². The summed E-state index contributed by atoms with van der Waals surface area (Å²) >= 11 is 1.60. The first-order chi connectivity index (χ1) is 15.2. The van der Waals surface area contributed by atoms with E-state index >= 15 is 0 Å². The van der Waals surface area contributed by atoms with Crippen LogP contribution in [0.5, 0.6) is 5.75 Å². The van der Waals surface area contributed by atoms with Crippen molar-refractivity contribution in [1.82, 2.24) is 24.7 Å². The molecule has 154 valence electrons. The molecule has 0 bridgehead atoms. The number of aromatic nitrogens is 5. The van der Waals surface area contributed by atoms with Crippen molar-refractivity contribution >= 4 is 22.8 Å². The Morgan fingerprint density at radius 2 is 1.81 bits per heavy atom. The van der Waals surface area contributed by atoms with Gasteiger partial charge in [-0.3, -0.25) is 4.57 Å². The molecule has 0 aliphatic carbocycles. The highest BCUT2D eigenvalue weighted by atomic mass is 32.2. The molecular formula is C24H21N5OS. The van der Waals surface area contributed by atoms with Gasteiger partial charge in [-0.15, -0.1) is 10.2 Å². The zero-order valence-electron chi connectivity index (χ0n) is 17.2. The summed E-state index contributed by atoms with van der Waals surface area (Å²) in [4.78, 5) is 8.06. The first-order valence-electron chi connectivity index (χ1n) is 9.94. The van der Waals surface area contributed by atoms with Crippen molar-refractivity contribution < 1.29 is 4.74 Å². The second kappa shape index (κ2) is 8.28. The van der Waals surface area contributed by atoms with Gasteiger partial charge in [-0.2, -0.15) is 0 Å². The number of aromatic amines is 1. The molecule has 0 aliphatic heterocycles. The lowest BCUT2D eigenvalue weighted by atomic mass is 10.1. The number of ether oxygens (including phenoxy) is 1. The minimum Gasteiger partial charge on any atom is -0.497 e. The number of H-pyrrole nitrogens is 1. The van der Waals surface area contributed by atoms with Crippen LogP contribution in [0.15, 0.2) is 78.0 Å². The van der Waals surface area contributed by atoms with Crippen molar-refractivity contribution in [3.05, 3.63) is 84.2 Å². The van der Waals surface area contributed by atoms with Crippen LogP contribution in [-0.2, 0) is 5.75 Å². The number of thioether (sulfide) groups is 1. The number of hydrogen-bond donors (Lipinski definition) is 1. The summed E-state index contributed by atoms with van der Waals surface area (Å²) in [7, 11) is 1.67. The summed E-state index contributed by atoms with van der Waals surface area (Å²) in [6.07, 6.45) is 0. The third kappa shape index (κ3) is 3.92. The third-order valence-electron chi connectivity index (χ3n) is 5.02. The van der Waals surface area contributed by atoms with Crippen LogP contribution in [0.3, 0.4) is 0 Å². The summed E-state index contributed by atoms with van der Waals surface area (Å²) in [6, 6.07) is 24.3. The molecule has 0 atom stereocenters. The number of fused-ring (bicyclic) bond motifs is 1. The Morgan fingerprint density at radius 3 is 2.58 bits per heavy atom. The Morgan fingerprint density at radius 1 is 0.968 bits per heavy atom. The second-order valence-corrected chi connectivity index (χ2v) is 8.14. The first-order valence-corrected chi connectivity index (χ1v) is 10.9. The van der Waals surface area contributed by atoms with Crippen LogP contribution in [0.25, 0.3) is 28.1 Å². The number of nitrogens with zero attached hydrogens (tertiary/aromatic N) is 4. The van der Waals surface area contributed by atoms with Gasteiger partial charge in [0.2, 0.25) is 0 Å². The number of para-hydroxylation sites is 2. The Bertz CT molecular complexity index is 1310. The largest absolute Gasteiger partial charge is 0.497 e. The molecule has 0 spiro atoms. The van der Waals surface area contributed by atoms with Crippen LogP contribution < -0.4 is 4.74 Å². The van der Waals surface area contributed by atoms with Gasteiger partial charge in [0, 0.05) is 11.3 Å². The van der Waals surface area contributed by atoms with Gasteiger partial charge in [0.1, 0.15) is 11.6 Å². The van der Waals surface area contributed by atoms with Gasteiger partial charge in [-0.25, -0.2) is 4.98 Å². The van der Waals surface area contributed by atoms with E-state index in [0.29, 0.717) is 5.75 Å². The average Bonchev–Trinajstić information content (AvgIpc) is 3.41. The van der Waals surface area contributed by atoms with Crippen LogP contribution in [-0.4, -0.2) is 31.8 Å². The number of benzene rings is 3. The average molecular weight is 428 g/mol. The van der Waals surface area contributed by atoms with E-state index in [2.05, 4.69) is 49.9 Å². The van der Waals surface area contributed by atoms with Crippen molar-refractivity contribution in [2.24, 2.45) is 0 Å². The second-order valence-electron chi connectivity index (χ2n) is 7.20. The van der Waals surface area contributed by atoms with Crippen LogP contribution in [0, 0.1) is 6.92 Å². The maximum atomic E-state index is 5.32. The fourth-order valence-corrected chi connectivity index (χ4v) is 4.33. The summed E-state index contributed by atoms with van der Waals surface area (Å²) in [6.45, 7) is 2.08. The van der Waals surface area contributed by atoms with E-state index in [9.17, 15) is 0 Å². The molecule has 0 radical (unpaired) electrons. The van der Waals surface area contributed by atoms with Crippen molar-refractivity contribution in [3.63, 3.8) is 0 Å². The quantitative estimate of drug-likeness (QED) is 0.367. The minimum absolute atomic E-state index is 0.663. The molecule has 31 heavy (non-hydrogen) atoms. The van der Waals surface area contributed by atoms with Gasteiger partial charge in [-0.1, -0.05) is 47.7 Å². The highest BCUT2D eigenvalue weighted by Gasteiger charge is 2.17. The number of imidazole rings is 1. The van der Waals surface area contributed by atoms with Gasteiger partial charge in [-0.05, 0) is 49.4 Å². The Labute approximate surface area is 184 Å². The lowest BCUT2D eigenvalue weighted by Gasteiger charge is -2.11. The molecule has 0 aliphatic rings. The number of methoxy groups -OCH3 is 1. The fraction of sp³-hybridized carbons (Fsp3) is 0.125. The van der Waals surface area contributed by atoms with E-state index in [0.717, 1.165) is 44.8 Å². The SMILES string of the molecule is COc1ccc(-n2c(SCc3nc4ccccc4[nH]3)nnc2-c2cccc(C)c2)cc1. The van der Waals surface area contributed by atoms with Crippen LogP contribution >= 0.6 is 11.8 Å². The molecule has 2 heterocycles. The molecule has 0 unspecified atom stereocenters. The predicted molar refractivity (Wildman–Crippen MR) is 124 cm³/mol. The first kappa shape index (κ1) is 19.4. The minimum atomic E-state index is 0.663. The monoisotopic (exact) mass is 427 g/mol. The molecule has 5 aromatic rings. The summed E-state index contributed by atoms with van der Waals surface area (Å²) in [5.74, 6) is 3.19. The van der Waals surface area contributed by atoms with Crippen molar-refractivity contribution in [1.29, 1.82) is 0 Å². The Balaban J connectivity index is 1.52. The van der Waals surface area contributed by atoms with Gasteiger partial charge >= 0.3 is 0 Å². The van der Waals surface area contributed by atoms with Gasteiger partial charge in [0.15, 0.2) is 11.0 Å². The van der Waals surface area contributed by atoms with E-state index < -0.39 is 0 Å². The molecule has 6 nitrogen and oxygen atoms in total. The predicted octanol–water partition coefficient (Wildman–Crippen LogP) is 5.42. The van der Waals surface area contributed by atoms with Crippen molar-refractivity contribution in [2.45, 2.75) is 17.8 Å². The maximum Gasteiger partial charge on any atom is 0.196 e. The van der Waals surface area contributed by atoms with E-state index in [1.807, 2.05) is 54.6 Å². The molecule has 3 aromatic carbocycles. The zero-order chi connectivity index (χ0) is 21.2. The normalized spacial score (nSPS) is 11.2. The number of aryl methyl sites for hydroxylation is 1. The molecule has 0 amide bonds. The van der Waals surface area contributed by atoms with Crippen molar-refractivity contribution in [2.75, 3.05) is 7.11 Å². The molecule has 1 N–H and O–H groups in total. The van der Waals surface area contributed by atoms with Crippen LogP contribution in [0.1, 0.15) is 11.4 Å². The van der Waals surface area contributed by atoms with E-state index in [4.69, 9.17) is 4.74 Å². The summed E-state index contributed by atoms with van der Waals surface area (Å²) in [5.41, 5.74) is 5.19. The zero-order valence-corrected chi connectivity index (χ0v) is 18.1. The molecule has 0 saturated carbocycles. The molecule has 7 heteroatoms. The smallest absolute Gasteiger partial charge is 0.196 e. The van der Waals surface area contributed by atoms with Gasteiger partial charge < -0.3 is 9.72 Å². The Hall–Kier alpha value is -3.58. The van der Waals surface area contributed by atoms with Crippen LogP contribution in [0.4, 0.5) is 0 Å². The van der Waals surface area contributed by atoms with Gasteiger partial charge in [0.05, 0.1) is 23.9 Å². The number of rotatable bonds is 6. The Kier molecular flexibility index (Phi) is 5.18. The maximum absolute atomic E-state index is 5.32. The third-order valence-corrected chi connectivity index (χ3v) is 5.96. The molecule has 5 rings (SSSR count). The van der Waals surface area contributed by atoms with Crippen LogP contribution in [0.2, 0.25) is 0 Å². The van der Waals surface area contributed by atoms with E-state index in [1.54, 1.807) is 18.9 Å². The van der Waals surface area contributed by atoms with Gasteiger partial charge in [0.25, 0.3) is 0 Å². The standard InChI is InChI=1S/C24H21N5OS/c1-16-6-5-7-17(14-16)23-27-28-24(29(23)18-10-12-19(30-2)13-11-18)31-15-22-25-20-8-3-4-9-21(20)26-22/h3-14H,15H2,1-2H3,(H,25,26). The fourth-order valence-electron chi connectivity index (χ4n) is 3.51. The number of nitrogens with one attached hydrogen (secondary N) is 1. The summed E-state index contributed by atoms with van der Waals surface area (Å²) in [5, 5.41) is 9.85. The highest BCUT2D eigenvalue weighted by Crippen LogP contribution is 2.30. The molecule has 0 fully saturated rings. The lowest BCUT2D eigenvalue weighted by molar-refractivity contribution is 0.414. The van der Waals surface area contributed by atoms with E-state index in [-0.39, 0.29) is 0 Å². The number of hydrogen-bond acceptors (Lipinski definition) is 5. The molecule has 0 saturated heterocycles. The lowest BCUT2D eigenvalue weighted by Crippen LogP contribution is -2.00. The summed E-state index contributed by atoms with van der Waals surface area (Å²) < 4.78 is 7.41. The van der Waals surface area contributed by atoms with Crippen molar-refractivity contribution in [3.8, 4) is 22.8 Å². The topological polar surface area (TPSA) is 68.6 Å².